The zero-order valence-corrected chi connectivity index (χ0v) is 5.70. The van der Waals surface area contributed by atoms with Crippen molar-refractivity contribution < 1.29 is 0 Å². The number of rotatable bonds is 1. The second kappa shape index (κ2) is 6.59. The standard InChI is InChI=1S/C7H9Cl/c1-2-3-4-5-6-7-8/h6-7H,2-3H2,1H3/b7-6+. The Morgan fingerprint density at radius 3 is 2.88 bits per heavy atom. The highest BCUT2D eigenvalue weighted by Crippen LogP contribution is 1.81. The summed E-state index contributed by atoms with van der Waals surface area (Å²) < 4.78 is 0. The van der Waals surface area contributed by atoms with Crippen molar-refractivity contribution in [3.8, 4) is 11.8 Å². The van der Waals surface area contributed by atoms with Crippen molar-refractivity contribution >= 4 is 11.6 Å². The third-order valence-corrected chi connectivity index (χ3v) is 0.749. The molecule has 0 rings (SSSR count). The molecule has 0 saturated heterocycles. The van der Waals surface area contributed by atoms with E-state index in [1.165, 1.54) is 5.54 Å². The summed E-state index contributed by atoms with van der Waals surface area (Å²) >= 11 is 5.20. The molecule has 0 spiro atoms. The van der Waals surface area contributed by atoms with Crippen LogP contribution >= 0.6 is 11.6 Å². The van der Waals surface area contributed by atoms with Gasteiger partial charge in [-0.2, -0.15) is 0 Å². The molecule has 0 bridgehead atoms. The average molecular weight is 129 g/mol. The van der Waals surface area contributed by atoms with Gasteiger partial charge in [-0.05, 0) is 12.5 Å². The number of allylic oxidation sites excluding steroid dienone is 1. The quantitative estimate of drug-likeness (QED) is 0.476. The van der Waals surface area contributed by atoms with E-state index in [1.807, 2.05) is 0 Å². The van der Waals surface area contributed by atoms with Crippen LogP contribution in [0.4, 0.5) is 0 Å². The lowest BCUT2D eigenvalue weighted by molar-refractivity contribution is 0.983. The molecule has 1 heteroatoms. The van der Waals surface area contributed by atoms with E-state index >= 15 is 0 Å². The van der Waals surface area contributed by atoms with Crippen molar-refractivity contribution in [3.05, 3.63) is 11.6 Å². The molecule has 0 aromatic heterocycles. The Hall–Kier alpha value is -0.410. The fourth-order valence-electron chi connectivity index (χ4n) is 0.288. The zero-order valence-electron chi connectivity index (χ0n) is 4.95. The van der Waals surface area contributed by atoms with E-state index in [0.29, 0.717) is 0 Å². The summed E-state index contributed by atoms with van der Waals surface area (Å²) in [6.45, 7) is 2.10. The first-order valence-corrected chi connectivity index (χ1v) is 3.09. The second-order valence-electron chi connectivity index (χ2n) is 1.36. The van der Waals surface area contributed by atoms with Crippen molar-refractivity contribution in [2.75, 3.05) is 0 Å². The molecule has 0 nitrogen and oxygen atoms in total. The minimum Gasteiger partial charge on any atom is -0.0985 e. The molecule has 0 aliphatic carbocycles. The minimum atomic E-state index is 0.960. The fraction of sp³-hybridized carbons (Fsp3) is 0.429. The molecule has 0 fully saturated rings. The lowest BCUT2D eigenvalue weighted by Gasteiger charge is -1.72. The molecule has 0 unspecified atom stereocenters. The van der Waals surface area contributed by atoms with Gasteiger partial charge in [-0.3, -0.25) is 0 Å². The van der Waals surface area contributed by atoms with E-state index < -0.39 is 0 Å². The molecule has 0 aliphatic heterocycles. The van der Waals surface area contributed by atoms with Gasteiger partial charge in [0, 0.05) is 12.0 Å². The van der Waals surface area contributed by atoms with Gasteiger partial charge in [0.1, 0.15) is 0 Å². The van der Waals surface area contributed by atoms with Crippen LogP contribution in [-0.4, -0.2) is 0 Å². The Morgan fingerprint density at radius 2 is 2.38 bits per heavy atom. The normalized spacial score (nSPS) is 8.75. The molecule has 0 heterocycles. The molecular formula is C7H9Cl. The van der Waals surface area contributed by atoms with E-state index in [4.69, 9.17) is 11.6 Å². The maximum Gasteiger partial charge on any atom is 0.0126 e. The van der Waals surface area contributed by atoms with Crippen molar-refractivity contribution in [2.45, 2.75) is 19.8 Å². The Balaban J connectivity index is 3.21. The van der Waals surface area contributed by atoms with E-state index in [1.54, 1.807) is 6.08 Å². The number of hydrogen-bond donors (Lipinski definition) is 0. The Kier molecular flexibility index (Phi) is 6.25. The molecule has 8 heavy (non-hydrogen) atoms. The third kappa shape index (κ3) is 5.59. The van der Waals surface area contributed by atoms with Crippen LogP contribution in [0.1, 0.15) is 19.8 Å². The van der Waals surface area contributed by atoms with Crippen molar-refractivity contribution in [1.29, 1.82) is 0 Å². The number of hydrogen-bond acceptors (Lipinski definition) is 0. The van der Waals surface area contributed by atoms with Crippen LogP contribution in [0.2, 0.25) is 0 Å². The summed E-state index contributed by atoms with van der Waals surface area (Å²) in [6.07, 6.45) is 3.71. The Bertz CT molecular complexity index is 114. The van der Waals surface area contributed by atoms with Crippen molar-refractivity contribution in [1.82, 2.24) is 0 Å². The average Bonchev–Trinajstić information content (AvgIpc) is 1.81. The highest BCUT2D eigenvalue weighted by molar-refractivity contribution is 6.25. The molecule has 0 aliphatic rings. The van der Waals surface area contributed by atoms with Gasteiger partial charge in [0.25, 0.3) is 0 Å². The minimum absolute atomic E-state index is 0.960. The van der Waals surface area contributed by atoms with Gasteiger partial charge in [0.05, 0.1) is 0 Å². The van der Waals surface area contributed by atoms with E-state index in [-0.39, 0.29) is 0 Å². The maximum atomic E-state index is 5.20. The van der Waals surface area contributed by atoms with Crippen molar-refractivity contribution in [2.24, 2.45) is 0 Å². The first-order chi connectivity index (χ1) is 3.91. The smallest absolute Gasteiger partial charge is 0.0126 e. The molecule has 0 amide bonds. The highest BCUT2D eigenvalue weighted by atomic mass is 35.5. The number of unbranched alkanes of at least 4 members (excludes halogenated alkanes) is 1. The molecule has 0 radical (unpaired) electrons. The highest BCUT2D eigenvalue weighted by Gasteiger charge is 1.65. The van der Waals surface area contributed by atoms with Crippen LogP contribution in [0.25, 0.3) is 0 Å². The largest absolute Gasteiger partial charge is 0.0985 e. The SMILES string of the molecule is CCCC#C/C=C/Cl. The van der Waals surface area contributed by atoms with E-state index in [2.05, 4.69) is 18.8 Å². The van der Waals surface area contributed by atoms with E-state index in [0.717, 1.165) is 12.8 Å². The van der Waals surface area contributed by atoms with Crippen LogP contribution < -0.4 is 0 Å². The first-order valence-electron chi connectivity index (χ1n) is 2.65. The third-order valence-electron chi connectivity index (χ3n) is 0.623. The molecule has 0 saturated carbocycles. The van der Waals surface area contributed by atoms with Gasteiger partial charge in [-0.15, -0.1) is 0 Å². The maximum absolute atomic E-state index is 5.20. The molecule has 44 valence electrons. The van der Waals surface area contributed by atoms with Gasteiger partial charge >= 0.3 is 0 Å². The van der Waals surface area contributed by atoms with Crippen LogP contribution in [0, 0.1) is 11.8 Å². The number of halogens is 1. The van der Waals surface area contributed by atoms with Gasteiger partial charge < -0.3 is 0 Å². The molecule has 0 aromatic rings. The summed E-state index contributed by atoms with van der Waals surface area (Å²) in [4.78, 5) is 0. The summed E-state index contributed by atoms with van der Waals surface area (Å²) in [5.41, 5.74) is 1.42. The lowest BCUT2D eigenvalue weighted by atomic mass is 10.3. The van der Waals surface area contributed by atoms with Gasteiger partial charge in [0.2, 0.25) is 0 Å². The predicted octanol–water partition coefficient (Wildman–Crippen LogP) is 2.54. The Labute approximate surface area is 55.5 Å². The van der Waals surface area contributed by atoms with Crippen LogP contribution in [0.5, 0.6) is 0 Å². The molecular weight excluding hydrogens is 120 g/mol. The van der Waals surface area contributed by atoms with Gasteiger partial charge in [-0.25, -0.2) is 0 Å². The molecule has 0 N–H and O–H groups in total. The van der Waals surface area contributed by atoms with Crippen LogP contribution in [-0.2, 0) is 0 Å². The predicted molar refractivity (Wildman–Crippen MR) is 37.7 cm³/mol. The zero-order chi connectivity index (χ0) is 6.24. The summed E-state index contributed by atoms with van der Waals surface area (Å²) in [5.74, 6) is 5.69. The van der Waals surface area contributed by atoms with Crippen LogP contribution in [0.3, 0.4) is 0 Å². The summed E-state index contributed by atoms with van der Waals surface area (Å²) in [6, 6.07) is 0. The monoisotopic (exact) mass is 128 g/mol. The summed E-state index contributed by atoms with van der Waals surface area (Å²) in [5, 5.41) is 0. The summed E-state index contributed by atoms with van der Waals surface area (Å²) in [7, 11) is 0. The van der Waals surface area contributed by atoms with Gasteiger partial charge in [0.15, 0.2) is 0 Å². The topological polar surface area (TPSA) is 0 Å². The van der Waals surface area contributed by atoms with Crippen LogP contribution in [0.15, 0.2) is 11.6 Å². The molecule has 0 atom stereocenters. The van der Waals surface area contributed by atoms with Gasteiger partial charge in [-0.1, -0.05) is 30.4 Å². The fourth-order valence-corrected chi connectivity index (χ4v) is 0.351. The van der Waals surface area contributed by atoms with Crippen molar-refractivity contribution in [3.63, 3.8) is 0 Å². The molecule has 0 aromatic carbocycles. The lowest BCUT2D eigenvalue weighted by Crippen LogP contribution is -1.58. The Morgan fingerprint density at radius 1 is 1.62 bits per heavy atom. The second-order valence-corrected chi connectivity index (χ2v) is 1.62. The first kappa shape index (κ1) is 7.59. The van der Waals surface area contributed by atoms with E-state index in [9.17, 15) is 0 Å².